The van der Waals surface area contributed by atoms with Gasteiger partial charge in [-0.2, -0.15) is 0 Å². The van der Waals surface area contributed by atoms with E-state index in [1.54, 1.807) is 12.1 Å². The Morgan fingerprint density at radius 1 is 1.29 bits per heavy atom. The maximum absolute atomic E-state index is 11.6. The number of carbonyl (C=O) groups excluding carboxylic acids is 1. The number of carboxylic acid groups (broad SMARTS) is 1. The molecule has 0 atom stereocenters. The number of benzene rings is 1. The zero-order valence-corrected chi connectivity index (χ0v) is 12.3. The molecule has 1 aliphatic carbocycles. The van der Waals surface area contributed by atoms with Gasteiger partial charge in [0.2, 0.25) is 5.91 Å². The van der Waals surface area contributed by atoms with E-state index in [2.05, 4.69) is 5.32 Å². The molecule has 0 aliphatic heterocycles. The van der Waals surface area contributed by atoms with E-state index in [0.29, 0.717) is 24.9 Å². The number of aryl methyl sites for hydroxylation is 1. The van der Waals surface area contributed by atoms with Crippen molar-refractivity contribution >= 4 is 17.6 Å². The van der Waals surface area contributed by atoms with E-state index in [0.717, 1.165) is 30.5 Å². The Morgan fingerprint density at radius 2 is 1.95 bits per heavy atom. The van der Waals surface area contributed by atoms with Crippen molar-refractivity contribution < 1.29 is 14.7 Å². The number of amides is 1. The third-order valence-electron chi connectivity index (χ3n) is 4.39. The number of carbonyl (C=O) groups is 2. The van der Waals surface area contributed by atoms with E-state index in [1.165, 1.54) is 0 Å². The first kappa shape index (κ1) is 15.4. The molecule has 1 saturated carbocycles. The molecule has 0 unspecified atom stereocenters. The lowest BCUT2D eigenvalue weighted by Crippen LogP contribution is -2.39. The predicted molar refractivity (Wildman–Crippen MR) is 81.3 cm³/mol. The van der Waals surface area contributed by atoms with Gasteiger partial charge in [0.05, 0.1) is 5.41 Å². The maximum atomic E-state index is 11.6. The molecule has 1 fully saturated rings. The van der Waals surface area contributed by atoms with Gasteiger partial charge in [0.25, 0.3) is 0 Å². The smallest absolute Gasteiger partial charge is 0.311 e. The van der Waals surface area contributed by atoms with E-state index < -0.39 is 17.3 Å². The molecule has 4 N–H and O–H groups in total. The van der Waals surface area contributed by atoms with Crippen LogP contribution in [0.4, 0.5) is 5.69 Å². The zero-order valence-electron chi connectivity index (χ0n) is 12.3. The van der Waals surface area contributed by atoms with Crippen molar-refractivity contribution in [2.75, 3.05) is 11.9 Å². The first-order chi connectivity index (χ1) is 9.94. The Balaban J connectivity index is 2.09. The Bertz CT molecular complexity index is 548. The summed E-state index contributed by atoms with van der Waals surface area (Å²) in [5, 5.41) is 12.7. The van der Waals surface area contributed by atoms with Gasteiger partial charge in [-0.05, 0) is 43.5 Å². The van der Waals surface area contributed by atoms with Gasteiger partial charge >= 0.3 is 5.97 Å². The minimum absolute atomic E-state index is 0.414. The number of anilines is 1. The number of hydrogen-bond donors (Lipinski definition) is 3. The van der Waals surface area contributed by atoms with Gasteiger partial charge in [-0.1, -0.05) is 19.3 Å². The monoisotopic (exact) mass is 290 g/mol. The van der Waals surface area contributed by atoms with Crippen LogP contribution in [0.5, 0.6) is 0 Å². The molecule has 5 heteroatoms. The molecule has 0 radical (unpaired) electrons. The fourth-order valence-corrected chi connectivity index (χ4v) is 3.02. The van der Waals surface area contributed by atoms with Crippen LogP contribution in [0.2, 0.25) is 0 Å². The third-order valence-corrected chi connectivity index (χ3v) is 4.39. The molecule has 0 spiro atoms. The second-order valence-corrected chi connectivity index (χ2v) is 5.89. The highest BCUT2D eigenvalue weighted by Gasteiger charge is 2.39. The van der Waals surface area contributed by atoms with Gasteiger partial charge < -0.3 is 16.2 Å². The van der Waals surface area contributed by atoms with E-state index in [9.17, 15) is 14.7 Å². The predicted octanol–water partition coefficient (Wildman–Crippen LogP) is 2.54. The average molecular weight is 290 g/mol. The molecule has 0 aromatic heterocycles. The fraction of sp³-hybridized carbons (Fsp3) is 0.500. The molecule has 21 heavy (non-hydrogen) atoms. The van der Waals surface area contributed by atoms with Crippen LogP contribution in [-0.4, -0.2) is 23.5 Å². The first-order valence-corrected chi connectivity index (χ1v) is 7.32. The van der Waals surface area contributed by atoms with Crippen LogP contribution < -0.4 is 11.1 Å². The maximum Gasteiger partial charge on any atom is 0.311 e. The molecular formula is C16H22N2O3. The van der Waals surface area contributed by atoms with Crippen molar-refractivity contribution in [3.63, 3.8) is 0 Å². The van der Waals surface area contributed by atoms with Gasteiger partial charge in [0.1, 0.15) is 0 Å². The van der Waals surface area contributed by atoms with Crippen LogP contribution in [0.3, 0.4) is 0 Å². The summed E-state index contributed by atoms with van der Waals surface area (Å²) in [4.78, 5) is 22.8. The quantitative estimate of drug-likeness (QED) is 0.777. The minimum Gasteiger partial charge on any atom is -0.481 e. The molecule has 1 aromatic carbocycles. The number of hydrogen-bond acceptors (Lipinski definition) is 3. The van der Waals surface area contributed by atoms with Crippen LogP contribution in [0, 0.1) is 12.3 Å². The van der Waals surface area contributed by atoms with Crippen molar-refractivity contribution in [2.24, 2.45) is 11.1 Å². The van der Waals surface area contributed by atoms with Gasteiger partial charge in [-0.15, -0.1) is 0 Å². The van der Waals surface area contributed by atoms with Crippen molar-refractivity contribution in [1.29, 1.82) is 0 Å². The van der Waals surface area contributed by atoms with E-state index in [-0.39, 0.29) is 0 Å². The van der Waals surface area contributed by atoms with Gasteiger partial charge in [-0.3, -0.25) is 9.59 Å². The molecule has 1 aromatic rings. The average Bonchev–Trinajstić information content (AvgIpc) is 2.45. The molecule has 2 rings (SSSR count). The number of rotatable bonds is 5. The van der Waals surface area contributed by atoms with E-state index in [4.69, 9.17) is 5.73 Å². The molecule has 1 aliphatic rings. The summed E-state index contributed by atoms with van der Waals surface area (Å²) in [6.07, 6.45) is 4.48. The topological polar surface area (TPSA) is 92.4 Å². The molecule has 0 bridgehead atoms. The minimum atomic E-state index is -0.722. The Labute approximate surface area is 124 Å². The highest BCUT2D eigenvalue weighted by atomic mass is 16.4. The molecule has 114 valence electrons. The van der Waals surface area contributed by atoms with Crippen molar-refractivity contribution in [3.8, 4) is 0 Å². The number of primary amides is 1. The van der Waals surface area contributed by atoms with Gasteiger partial charge in [-0.25, -0.2) is 0 Å². The highest BCUT2D eigenvalue weighted by molar-refractivity contribution is 5.94. The third kappa shape index (κ3) is 3.35. The number of nitrogens with two attached hydrogens (primary N) is 1. The molecule has 1 amide bonds. The number of carboxylic acids is 1. The van der Waals surface area contributed by atoms with Gasteiger partial charge in [0.15, 0.2) is 0 Å². The van der Waals surface area contributed by atoms with Crippen molar-refractivity contribution in [3.05, 3.63) is 29.3 Å². The molecule has 0 saturated heterocycles. The Morgan fingerprint density at radius 3 is 2.48 bits per heavy atom. The second-order valence-electron chi connectivity index (χ2n) is 5.89. The summed E-state index contributed by atoms with van der Waals surface area (Å²) in [5.74, 6) is -1.17. The number of aliphatic carboxylic acids is 1. The SMILES string of the molecule is Cc1cc(NCC2(C(=O)O)CCCCC2)ccc1C(N)=O. The molecule has 5 nitrogen and oxygen atoms in total. The second kappa shape index (κ2) is 6.16. The highest BCUT2D eigenvalue weighted by Crippen LogP contribution is 2.36. The summed E-state index contributed by atoms with van der Waals surface area (Å²) in [5.41, 5.74) is 6.71. The first-order valence-electron chi connectivity index (χ1n) is 7.32. The lowest BCUT2D eigenvalue weighted by atomic mass is 9.74. The zero-order chi connectivity index (χ0) is 15.5. The van der Waals surface area contributed by atoms with E-state index >= 15 is 0 Å². The normalized spacial score (nSPS) is 17.2. The summed E-state index contributed by atoms with van der Waals surface area (Å²) in [7, 11) is 0. The summed E-state index contributed by atoms with van der Waals surface area (Å²) in [6, 6.07) is 5.28. The standard InChI is InChI=1S/C16H22N2O3/c1-11-9-12(5-6-13(11)14(17)19)18-10-16(15(20)21)7-3-2-4-8-16/h5-6,9,18H,2-4,7-8,10H2,1H3,(H2,17,19)(H,20,21). The summed E-state index contributed by atoms with van der Waals surface area (Å²) >= 11 is 0. The van der Waals surface area contributed by atoms with Crippen LogP contribution in [0.25, 0.3) is 0 Å². The summed E-state index contributed by atoms with van der Waals surface area (Å²) in [6.45, 7) is 2.23. The van der Waals surface area contributed by atoms with Crippen LogP contribution >= 0.6 is 0 Å². The molecule has 0 heterocycles. The van der Waals surface area contributed by atoms with Crippen LogP contribution in [-0.2, 0) is 4.79 Å². The lowest BCUT2D eigenvalue weighted by molar-refractivity contribution is -0.150. The van der Waals surface area contributed by atoms with Crippen LogP contribution in [0.15, 0.2) is 18.2 Å². The Hall–Kier alpha value is -2.04. The van der Waals surface area contributed by atoms with Crippen LogP contribution in [0.1, 0.15) is 48.0 Å². The largest absolute Gasteiger partial charge is 0.481 e. The van der Waals surface area contributed by atoms with Crippen molar-refractivity contribution in [2.45, 2.75) is 39.0 Å². The van der Waals surface area contributed by atoms with Crippen molar-refractivity contribution in [1.82, 2.24) is 0 Å². The fourth-order valence-electron chi connectivity index (χ4n) is 3.02. The Kier molecular flexibility index (Phi) is 4.50. The molecular weight excluding hydrogens is 268 g/mol. The number of nitrogens with one attached hydrogen (secondary N) is 1. The summed E-state index contributed by atoms with van der Waals surface area (Å²) < 4.78 is 0. The van der Waals surface area contributed by atoms with E-state index in [1.807, 2.05) is 13.0 Å². The lowest BCUT2D eigenvalue weighted by Gasteiger charge is -2.33. The van der Waals surface area contributed by atoms with Gasteiger partial charge in [0, 0.05) is 17.8 Å².